The van der Waals surface area contributed by atoms with Crippen LogP contribution in [-0.4, -0.2) is 52.5 Å². The van der Waals surface area contributed by atoms with Gasteiger partial charge in [-0.15, -0.1) is 0 Å². The van der Waals surface area contributed by atoms with Gasteiger partial charge in [0.05, 0.1) is 12.0 Å². The Morgan fingerprint density at radius 2 is 0.952 bits per heavy atom. The van der Waals surface area contributed by atoms with Gasteiger partial charge in [-0.2, -0.15) is 0 Å². The molecule has 0 spiro atoms. The van der Waals surface area contributed by atoms with Crippen molar-refractivity contribution in [1.82, 2.24) is 0 Å². The second-order valence-corrected chi connectivity index (χ2v) is 13.1. The monoisotopic (exact) mass is 599 g/mol. The quantitative estimate of drug-likeness (QED) is 0.0587. The van der Waals surface area contributed by atoms with Gasteiger partial charge in [0.1, 0.15) is 18.8 Å². The highest BCUT2D eigenvalue weighted by Crippen LogP contribution is 2.23. The van der Waals surface area contributed by atoms with E-state index in [1.165, 1.54) is 128 Å². The number of esters is 1. The Morgan fingerprint density at radius 3 is 1.33 bits per heavy atom. The summed E-state index contributed by atoms with van der Waals surface area (Å²) in [6, 6.07) is 0. The largest absolute Gasteiger partial charge is 0.463 e. The van der Waals surface area contributed by atoms with E-state index in [4.69, 9.17) is 9.47 Å². The first-order chi connectivity index (χ1) is 20.5. The van der Waals surface area contributed by atoms with Gasteiger partial charge < -0.3 is 24.8 Å². The van der Waals surface area contributed by atoms with Crippen molar-refractivity contribution in [2.24, 2.45) is 5.92 Å². The maximum Gasteiger partial charge on any atom is 0.309 e. The van der Waals surface area contributed by atoms with Crippen LogP contribution in [-0.2, 0) is 14.3 Å². The smallest absolute Gasteiger partial charge is 0.309 e. The number of aliphatic hydroxyl groups is 3. The van der Waals surface area contributed by atoms with Crippen molar-refractivity contribution in [3.63, 3.8) is 0 Å². The fourth-order valence-electron chi connectivity index (χ4n) is 6.15. The number of hydrogen-bond donors (Lipinski definition) is 3. The molecular formula is C36H70O6. The third-order valence-corrected chi connectivity index (χ3v) is 9.09. The van der Waals surface area contributed by atoms with Gasteiger partial charge in [0.2, 0.25) is 0 Å². The van der Waals surface area contributed by atoms with Crippen LogP contribution in [0.1, 0.15) is 187 Å². The Labute approximate surface area is 259 Å². The van der Waals surface area contributed by atoms with Crippen LogP contribution < -0.4 is 0 Å². The van der Waals surface area contributed by atoms with Crippen molar-refractivity contribution >= 4 is 5.97 Å². The molecule has 5 atom stereocenters. The molecule has 42 heavy (non-hydrogen) atoms. The van der Waals surface area contributed by atoms with Crippen LogP contribution in [0.2, 0.25) is 0 Å². The lowest BCUT2D eigenvalue weighted by molar-refractivity contribution is -0.253. The topological polar surface area (TPSA) is 96.2 Å². The van der Waals surface area contributed by atoms with Crippen LogP contribution in [0.4, 0.5) is 0 Å². The summed E-state index contributed by atoms with van der Waals surface area (Å²) in [5.74, 6) is -0.329. The molecule has 0 aromatic rings. The first-order valence-electron chi connectivity index (χ1n) is 18.4. The minimum atomic E-state index is -1.35. The SMILES string of the molecule is CCCCCCCCCCCCCCCC(CCCCCCCCCCCCC)C(=O)OCC1O[C@@H](O)C(O)C[C@@H]1O. The Balaban J connectivity index is 2.27. The van der Waals surface area contributed by atoms with Crippen molar-refractivity contribution in [3.05, 3.63) is 0 Å². The molecule has 1 aliphatic heterocycles. The van der Waals surface area contributed by atoms with E-state index in [0.29, 0.717) is 0 Å². The molecular weight excluding hydrogens is 528 g/mol. The van der Waals surface area contributed by atoms with Crippen LogP contribution in [0.5, 0.6) is 0 Å². The molecule has 3 N–H and O–H groups in total. The zero-order valence-corrected chi connectivity index (χ0v) is 27.8. The van der Waals surface area contributed by atoms with Crippen LogP contribution >= 0.6 is 0 Å². The summed E-state index contributed by atoms with van der Waals surface area (Å²) in [5.41, 5.74) is 0. The van der Waals surface area contributed by atoms with Crippen molar-refractivity contribution in [2.75, 3.05) is 6.61 Å². The third kappa shape index (κ3) is 21.1. The molecule has 0 radical (unpaired) electrons. The molecule has 1 rings (SSSR count). The standard InChI is InChI=1S/C36H70O6/c1-3-5-7-9-11-13-15-16-18-20-22-24-26-28-31(27-25-23-21-19-17-14-12-10-8-6-4-2)35(39)41-30-34-32(37)29-33(38)36(40)42-34/h31-34,36-38,40H,3-30H2,1-2H3/t31?,32-,33?,34?,36+/m0/s1. The number of aliphatic hydroxyl groups excluding tert-OH is 3. The molecule has 0 aromatic heterocycles. The number of carbonyl (C=O) groups excluding carboxylic acids is 1. The van der Waals surface area contributed by atoms with E-state index < -0.39 is 24.6 Å². The first kappa shape index (κ1) is 39.3. The predicted octanol–water partition coefficient (Wildman–Crippen LogP) is 9.16. The lowest BCUT2D eigenvalue weighted by Crippen LogP contribution is -2.49. The maximum absolute atomic E-state index is 13.0. The summed E-state index contributed by atoms with van der Waals surface area (Å²) >= 11 is 0. The van der Waals surface area contributed by atoms with E-state index in [9.17, 15) is 20.1 Å². The highest BCUT2D eigenvalue weighted by Gasteiger charge is 2.36. The summed E-state index contributed by atoms with van der Waals surface area (Å²) < 4.78 is 10.9. The lowest BCUT2D eigenvalue weighted by atomic mass is 9.94. The lowest BCUT2D eigenvalue weighted by Gasteiger charge is -2.34. The average Bonchev–Trinajstić information content (AvgIpc) is 2.98. The van der Waals surface area contributed by atoms with Gasteiger partial charge in [0.15, 0.2) is 6.29 Å². The minimum absolute atomic E-state index is 0.0184. The number of hydrogen-bond acceptors (Lipinski definition) is 6. The molecule has 0 bridgehead atoms. The van der Waals surface area contributed by atoms with E-state index in [0.717, 1.165) is 38.5 Å². The predicted molar refractivity (Wildman–Crippen MR) is 173 cm³/mol. The zero-order valence-electron chi connectivity index (χ0n) is 27.8. The summed E-state index contributed by atoms with van der Waals surface area (Å²) in [6.45, 7) is 4.44. The molecule has 6 nitrogen and oxygen atoms in total. The third-order valence-electron chi connectivity index (χ3n) is 9.09. The summed E-state index contributed by atoms with van der Waals surface area (Å²) in [5, 5.41) is 29.6. The van der Waals surface area contributed by atoms with Crippen LogP contribution in [0.25, 0.3) is 0 Å². The van der Waals surface area contributed by atoms with Gasteiger partial charge in [-0.25, -0.2) is 0 Å². The molecule has 3 unspecified atom stereocenters. The summed E-state index contributed by atoms with van der Waals surface area (Å²) in [4.78, 5) is 13.0. The minimum Gasteiger partial charge on any atom is -0.463 e. The van der Waals surface area contributed by atoms with Gasteiger partial charge in [-0.05, 0) is 12.8 Å². The number of rotatable bonds is 29. The molecule has 0 saturated carbocycles. The molecule has 1 fully saturated rings. The second kappa shape index (κ2) is 27.8. The van der Waals surface area contributed by atoms with Gasteiger partial charge >= 0.3 is 5.97 Å². The van der Waals surface area contributed by atoms with Gasteiger partial charge in [0, 0.05) is 6.42 Å². The number of unbranched alkanes of at least 4 members (excludes halogenated alkanes) is 22. The van der Waals surface area contributed by atoms with E-state index in [2.05, 4.69) is 13.8 Å². The summed E-state index contributed by atoms with van der Waals surface area (Å²) in [7, 11) is 0. The molecule has 6 heteroatoms. The molecule has 0 aromatic carbocycles. The molecule has 1 aliphatic rings. The average molecular weight is 599 g/mol. The van der Waals surface area contributed by atoms with Crippen molar-refractivity contribution < 1.29 is 29.6 Å². The van der Waals surface area contributed by atoms with Crippen molar-refractivity contribution in [2.45, 2.75) is 212 Å². The van der Waals surface area contributed by atoms with Crippen LogP contribution in [0.15, 0.2) is 0 Å². The van der Waals surface area contributed by atoms with E-state index in [1.54, 1.807) is 0 Å². The van der Waals surface area contributed by atoms with E-state index >= 15 is 0 Å². The van der Waals surface area contributed by atoms with Gasteiger partial charge in [-0.1, -0.05) is 168 Å². The van der Waals surface area contributed by atoms with Crippen LogP contribution in [0, 0.1) is 5.92 Å². The number of ether oxygens (including phenoxy) is 2. The van der Waals surface area contributed by atoms with Gasteiger partial charge in [0.25, 0.3) is 0 Å². The highest BCUT2D eigenvalue weighted by atomic mass is 16.6. The second-order valence-electron chi connectivity index (χ2n) is 13.1. The number of carbonyl (C=O) groups is 1. The Kier molecular flexibility index (Phi) is 26.1. The summed E-state index contributed by atoms with van der Waals surface area (Å²) in [6.07, 6.45) is 28.7. The highest BCUT2D eigenvalue weighted by molar-refractivity contribution is 5.72. The Hall–Kier alpha value is -0.690. The van der Waals surface area contributed by atoms with E-state index in [-0.39, 0.29) is 24.9 Å². The van der Waals surface area contributed by atoms with Crippen LogP contribution in [0.3, 0.4) is 0 Å². The normalized spacial score (nSPS) is 21.5. The first-order valence-corrected chi connectivity index (χ1v) is 18.4. The van der Waals surface area contributed by atoms with Crippen molar-refractivity contribution in [3.8, 4) is 0 Å². The van der Waals surface area contributed by atoms with Crippen molar-refractivity contribution in [1.29, 1.82) is 0 Å². The molecule has 1 heterocycles. The molecule has 0 aliphatic carbocycles. The van der Waals surface area contributed by atoms with E-state index in [1.807, 2.05) is 0 Å². The fraction of sp³-hybridized carbons (Fsp3) is 0.972. The Bertz CT molecular complexity index is 599. The molecule has 1 saturated heterocycles. The molecule has 250 valence electrons. The fourth-order valence-corrected chi connectivity index (χ4v) is 6.15. The molecule has 0 amide bonds. The maximum atomic E-state index is 13.0. The Morgan fingerprint density at radius 1 is 0.595 bits per heavy atom. The zero-order chi connectivity index (χ0) is 30.7. The van der Waals surface area contributed by atoms with Gasteiger partial charge in [-0.3, -0.25) is 4.79 Å².